The first-order valence-electron chi connectivity index (χ1n) is 7.40. The number of halogens is 1. The van der Waals surface area contributed by atoms with Crippen LogP contribution in [0.5, 0.6) is 5.75 Å². The van der Waals surface area contributed by atoms with E-state index in [-0.39, 0.29) is 5.41 Å². The lowest BCUT2D eigenvalue weighted by molar-refractivity contribution is 0.319. The summed E-state index contributed by atoms with van der Waals surface area (Å²) < 4.78 is 5.71. The molecule has 0 amide bonds. The molecular weight excluding hydrogens is 324 g/mol. The molecule has 0 radical (unpaired) electrons. The van der Waals surface area contributed by atoms with E-state index in [9.17, 15) is 0 Å². The third kappa shape index (κ3) is 4.10. The van der Waals surface area contributed by atoms with E-state index in [0.29, 0.717) is 0 Å². The summed E-state index contributed by atoms with van der Waals surface area (Å²) in [6, 6.07) is 17.3. The normalized spacial score (nSPS) is 11.4. The van der Waals surface area contributed by atoms with Gasteiger partial charge in [0.05, 0.1) is 6.61 Å². The fourth-order valence-electron chi connectivity index (χ4n) is 2.35. The lowest BCUT2D eigenvalue weighted by Gasteiger charge is -2.26. The minimum atomic E-state index is 0.00207. The van der Waals surface area contributed by atoms with Crippen LogP contribution in [0.15, 0.2) is 48.5 Å². The van der Waals surface area contributed by atoms with Gasteiger partial charge >= 0.3 is 0 Å². The van der Waals surface area contributed by atoms with Crippen LogP contribution in [0.4, 0.5) is 0 Å². The Morgan fingerprint density at radius 1 is 0.905 bits per heavy atom. The van der Waals surface area contributed by atoms with Crippen LogP contribution in [-0.4, -0.2) is 11.9 Å². The fourth-order valence-corrected chi connectivity index (χ4v) is 2.58. The summed E-state index contributed by atoms with van der Waals surface area (Å²) in [5.74, 6) is 0.944. The zero-order valence-corrected chi connectivity index (χ0v) is 14.6. The average Bonchev–Trinajstić information content (AvgIpc) is 2.48. The highest BCUT2D eigenvalue weighted by molar-refractivity contribution is 9.09. The van der Waals surface area contributed by atoms with Gasteiger partial charge in [-0.1, -0.05) is 71.7 Å². The summed E-state index contributed by atoms with van der Waals surface area (Å²) in [7, 11) is 0. The molecule has 0 aliphatic rings. The molecule has 0 N–H and O–H groups in total. The Morgan fingerprint density at radius 2 is 1.43 bits per heavy atom. The quantitative estimate of drug-likeness (QED) is 0.496. The number of hydrogen-bond donors (Lipinski definition) is 0. The van der Waals surface area contributed by atoms with E-state index < -0.39 is 0 Å². The van der Waals surface area contributed by atoms with Crippen LogP contribution in [0, 0.1) is 6.92 Å². The summed E-state index contributed by atoms with van der Waals surface area (Å²) in [4.78, 5) is 0. The maximum Gasteiger partial charge on any atom is 0.119 e. The van der Waals surface area contributed by atoms with Gasteiger partial charge in [-0.15, -0.1) is 0 Å². The van der Waals surface area contributed by atoms with Gasteiger partial charge in [-0.2, -0.15) is 0 Å². The number of ether oxygens (including phenoxy) is 1. The molecule has 0 aliphatic carbocycles. The van der Waals surface area contributed by atoms with Crippen molar-refractivity contribution >= 4 is 15.9 Å². The first-order valence-corrected chi connectivity index (χ1v) is 8.52. The number of benzene rings is 2. The third-order valence-corrected chi connectivity index (χ3v) is 4.46. The SMILES string of the molecule is Cc1ccc(C(C)(C)c2ccc(OCCCBr)cc2)cc1. The lowest BCUT2D eigenvalue weighted by atomic mass is 9.78. The zero-order valence-electron chi connectivity index (χ0n) is 13.0. The van der Waals surface area contributed by atoms with E-state index in [1.807, 2.05) is 0 Å². The van der Waals surface area contributed by atoms with Crippen LogP contribution in [0.3, 0.4) is 0 Å². The number of hydrogen-bond acceptors (Lipinski definition) is 1. The predicted octanol–water partition coefficient (Wildman–Crippen LogP) is 5.48. The highest BCUT2D eigenvalue weighted by atomic mass is 79.9. The van der Waals surface area contributed by atoms with Gasteiger partial charge in [0.1, 0.15) is 5.75 Å². The monoisotopic (exact) mass is 346 g/mol. The third-order valence-electron chi connectivity index (χ3n) is 3.90. The predicted molar refractivity (Wildman–Crippen MR) is 93.7 cm³/mol. The second kappa shape index (κ2) is 7.13. The largest absolute Gasteiger partial charge is 0.494 e. The van der Waals surface area contributed by atoms with E-state index in [4.69, 9.17) is 4.74 Å². The molecule has 0 spiro atoms. The molecule has 2 heteroatoms. The zero-order chi connectivity index (χ0) is 15.3. The van der Waals surface area contributed by atoms with E-state index >= 15 is 0 Å². The minimum absolute atomic E-state index is 0.00207. The molecule has 112 valence electrons. The van der Waals surface area contributed by atoms with Crippen LogP contribution in [0.25, 0.3) is 0 Å². The average molecular weight is 347 g/mol. The van der Waals surface area contributed by atoms with Crippen molar-refractivity contribution in [2.45, 2.75) is 32.6 Å². The van der Waals surface area contributed by atoms with Crippen molar-refractivity contribution in [2.75, 3.05) is 11.9 Å². The van der Waals surface area contributed by atoms with Gasteiger partial charge < -0.3 is 4.74 Å². The second-order valence-corrected chi connectivity index (χ2v) is 6.70. The molecule has 0 heterocycles. The Hall–Kier alpha value is -1.28. The summed E-state index contributed by atoms with van der Waals surface area (Å²) in [5.41, 5.74) is 3.94. The second-order valence-electron chi connectivity index (χ2n) is 5.91. The highest BCUT2D eigenvalue weighted by Crippen LogP contribution is 2.32. The Morgan fingerprint density at radius 3 is 1.95 bits per heavy atom. The Kier molecular flexibility index (Phi) is 5.46. The molecule has 2 aromatic rings. The fraction of sp³-hybridized carbons (Fsp3) is 0.368. The van der Waals surface area contributed by atoms with Gasteiger partial charge in [-0.3, -0.25) is 0 Å². The topological polar surface area (TPSA) is 9.23 Å². The Bertz CT molecular complexity index is 555. The molecular formula is C19H23BrO. The first-order chi connectivity index (χ1) is 10.0. The van der Waals surface area contributed by atoms with Crippen molar-refractivity contribution in [3.63, 3.8) is 0 Å². The molecule has 0 aromatic heterocycles. The van der Waals surface area contributed by atoms with Crippen LogP contribution in [0.1, 0.15) is 37.0 Å². The minimum Gasteiger partial charge on any atom is -0.494 e. The van der Waals surface area contributed by atoms with Crippen molar-refractivity contribution in [3.05, 3.63) is 65.2 Å². The van der Waals surface area contributed by atoms with Gasteiger partial charge in [0.25, 0.3) is 0 Å². The molecule has 0 fully saturated rings. The van der Waals surface area contributed by atoms with Gasteiger partial charge in [-0.05, 0) is 36.6 Å². The van der Waals surface area contributed by atoms with Gasteiger partial charge in [-0.25, -0.2) is 0 Å². The summed E-state index contributed by atoms with van der Waals surface area (Å²) in [6.07, 6.45) is 1.02. The van der Waals surface area contributed by atoms with Crippen molar-refractivity contribution in [3.8, 4) is 5.75 Å². The molecule has 2 aromatic carbocycles. The molecule has 0 bridgehead atoms. The van der Waals surface area contributed by atoms with E-state index in [1.54, 1.807) is 0 Å². The van der Waals surface area contributed by atoms with Crippen LogP contribution in [0.2, 0.25) is 0 Å². The first kappa shape index (κ1) is 16.1. The van der Waals surface area contributed by atoms with E-state index in [1.165, 1.54) is 16.7 Å². The van der Waals surface area contributed by atoms with E-state index in [2.05, 4.69) is 85.2 Å². The van der Waals surface area contributed by atoms with Crippen molar-refractivity contribution in [1.29, 1.82) is 0 Å². The number of rotatable bonds is 6. The smallest absolute Gasteiger partial charge is 0.119 e. The summed E-state index contributed by atoms with van der Waals surface area (Å²) >= 11 is 3.41. The standard InChI is InChI=1S/C19H23BrO/c1-15-5-7-16(8-6-15)19(2,3)17-9-11-18(12-10-17)21-14-4-13-20/h5-12H,4,13-14H2,1-3H3. The van der Waals surface area contributed by atoms with E-state index in [0.717, 1.165) is 24.1 Å². The molecule has 2 rings (SSSR count). The lowest BCUT2D eigenvalue weighted by Crippen LogP contribution is -2.18. The van der Waals surface area contributed by atoms with Gasteiger partial charge in [0.15, 0.2) is 0 Å². The maximum atomic E-state index is 5.71. The van der Waals surface area contributed by atoms with Crippen LogP contribution < -0.4 is 4.74 Å². The molecule has 1 nitrogen and oxygen atoms in total. The Balaban J connectivity index is 2.14. The molecule has 0 saturated carbocycles. The molecule has 0 aliphatic heterocycles. The maximum absolute atomic E-state index is 5.71. The molecule has 0 saturated heterocycles. The molecule has 0 atom stereocenters. The molecule has 21 heavy (non-hydrogen) atoms. The van der Waals surface area contributed by atoms with Crippen molar-refractivity contribution in [2.24, 2.45) is 0 Å². The van der Waals surface area contributed by atoms with Gasteiger partial charge in [0, 0.05) is 10.7 Å². The highest BCUT2D eigenvalue weighted by Gasteiger charge is 2.22. The summed E-state index contributed by atoms with van der Waals surface area (Å²) in [6.45, 7) is 7.40. The van der Waals surface area contributed by atoms with Crippen LogP contribution in [-0.2, 0) is 5.41 Å². The Labute approximate surface area is 136 Å². The number of aryl methyl sites for hydroxylation is 1. The number of alkyl halides is 1. The van der Waals surface area contributed by atoms with Crippen molar-refractivity contribution in [1.82, 2.24) is 0 Å². The van der Waals surface area contributed by atoms with Gasteiger partial charge in [0.2, 0.25) is 0 Å². The van der Waals surface area contributed by atoms with Crippen LogP contribution >= 0.6 is 15.9 Å². The molecule has 0 unspecified atom stereocenters. The summed E-state index contributed by atoms with van der Waals surface area (Å²) in [5, 5.41) is 0.978. The van der Waals surface area contributed by atoms with Crippen molar-refractivity contribution < 1.29 is 4.74 Å².